The fourth-order valence-electron chi connectivity index (χ4n) is 1.67. The molecule has 2 unspecified atom stereocenters. The van der Waals surface area contributed by atoms with Gasteiger partial charge in [-0.15, -0.1) is 0 Å². The van der Waals surface area contributed by atoms with Crippen LogP contribution in [0.15, 0.2) is 0 Å². The number of carbonyl (C=O) groups is 1. The van der Waals surface area contributed by atoms with Gasteiger partial charge in [0, 0.05) is 12.6 Å². The molecule has 1 fully saturated rings. The van der Waals surface area contributed by atoms with Gasteiger partial charge < -0.3 is 15.1 Å². The minimum atomic E-state index is -0.867. The highest BCUT2D eigenvalue weighted by molar-refractivity contribution is 5.65. The number of nitrogens with zero attached hydrogens (tertiary/aromatic N) is 1. The Kier molecular flexibility index (Phi) is 2.92. The van der Waals surface area contributed by atoms with Crippen LogP contribution in [-0.2, 0) is 0 Å². The molecule has 1 aliphatic rings. The topological polar surface area (TPSA) is 60.8 Å². The van der Waals surface area contributed by atoms with Gasteiger partial charge in [0.15, 0.2) is 0 Å². The monoisotopic (exact) mass is 173 g/mol. The molecule has 0 bridgehead atoms. The van der Waals surface area contributed by atoms with E-state index in [2.05, 4.69) is 0 Å². The average molecular weight is 173 g/mol. The van der Waals surface area contributed by atoms with E-state index in [0.717, 1.165) is 6.42 Å². The summed E-state index contributed by atoms with van der Waals surface area (Å²) in [6.45, 7) is 2.41. The summed E-state index contributed by atoms with van der Waals surface area (Å²) in [5, 5.41) is 18.1. The lowest BCUT2D eigenvalue weighted by Gasteiger charge is -2.35. The van der Waals surface area contributed by atoms with Crippen LogP contribution in [0.4, 0.5) is 4.79 Å². The molecule has 0 aromatic rings. The Balaban J connectivity index is 2.56. The number of hydrogen-bond donors (Lipinski definition) is 2. The first-order valence-electron chi connectivity index (χ1n) is 4.32. The van der Waals surface area contributed by atoms with E-state index in [4.69, 9.17) is 5.11 Å². The molecule has 2 N–H and O–H groups in total. The summed E-state index contributed by atoms with van der Waals surface area (Å²) < 4.78 is 0. The van der Waals surface area contributed by atoms with Crippen molar-refractivity contribution in [2.75, 3.05) is 6.54 Å². The van der Waals surface area contributed by atoms with E-state index in [-0.39, 0.29) is 12.1 Å². The van der Waals surface area contributed by atoms with Crippen LogP contribution in [-0.4, -0.2) is 39.9 Å². The number of amides is 1. The van der Waals surface area contributed by atoms with E-state index in [9.17, 15) is 9.90 Å². The third kappa shape index (κ3) is 1.88. The van der Waals surface area contributed by atoms with Crippen molar-refractivity contribution in [3.8, 4) is 0 Å². The molecule has 1 aliphatic heterocycles. The smallest absolute Gasteiger partial charge is 0.407 e. The second-order valence-electron chi connectivity index (χ2n) is 3.22. The molecule has 4 nitrogen and oxygen atoms in total. The van der Waals surface area contributed by atoms with Crippen LogP contribution in [0.1, 0.15) is 26.2 Å². The zero-order valence-corrected chi connectivity index (χ0v) is 7.23. The normalized spacial score (nSPS) is 30.3. The zero-order chi connectivity index (χ0) is 9.14. The maximum Gasteiger partial charge on any atom is 0.407 e. The van der Waals surface area contributed by atoms with Crippen LogP contribution in [0.3, 0.4) is 0 Å². The van der Waals surface area contributed by atoms with Gasteiger partial charge in [0.25, 0.3) is 0 Å². The number of hydrogen-bond acceptors (Lipinski definition) is 2. The van der Waals surface area contributed by atoms with Gasteiger partial charge in [-0.2, -0.15) is 0 Å². The molecule has 0 aliphatic carbocycles. The lowest BCUT2D eigenvalue weighted by Crippen LogP contribution is -2.46. The first kappa shape index (κ1) is 9.32. The number of likely N-dealkylation sites (tertiary alicyclic amines) is 1. The van der Waals surface area contributed by atoms with E-state index in [1.807, 2.05) is 6.92 Å². The Labute approximate surface area is 71.8 Å². The summed E-state index contributed by atoms with van der Waals surface area (Å²) in [6, 6.07) is 0.00579. The molecule has 1 amide bonds. The highest BCUT2D eigenvalue weighted by Crippen LogP contribution is 2.19. The molecule has 1 heterocycles. The zero-order valence-electron chi connectivity index (χ0n) is 7.23. The summed E-state index contributed by atoms with van der Waals surface area (Å²) in [5.74, 6) is 0. The molecule has 0 spiro atoms. The molecule has 4 heteroatoms. The fourth-order valence-corrected chi connectivity index (χ4v) is 1.67. The first-order chi connectivity index (χ1) is 5.65. The summed E-state index contributed by atoms with van der Waals surface area (Å²) in [7, 11) is 0. The molecule has 0 aromatic carbocycles. The quantitative estimate of drug-likeness (QED) is 0.619. The summed E-state index contributed by atoms with van der Waals surface area (Å²) in [4.78, 5) is 12.1. The molecule has 12 heavy (non-hydrogen) atoms. The van der Waals surface area contributed by atoms with Crippen LogP contribution >= 0.6 is 0 Å². The second kappa shape index (κ2) is 3.76. The predicted molar refractivity (Wildman–Crippen MR) is 44.1 cm³/mol. The Morgan fingerprint density at radius 3 is 2.83 bits per heavy atom. The van der Waals surface area contributed by atoms with Gasteiger partial charge in [-0.05, 0) is 19.3 Å². The van der Waals surface area contributed by atoms with Crippen molar-refractivity contribution < 1.29 is 15.0 Å². The van der Waals surface area contributed by atoms with E-state index in [1.54, 1.807) is 0 Å². The van der Waals surface area contributed by atoms with Crippen molar-refractivity contribution in [3.05, 3.63) is 0 Å². The Hall–Kier alpha value is -0.770. The lowest BCUT2D eigenvalue weighted by molar-refractivity contribution is 0.0418. The summed E-state index contributed by atoms with van der Waals surface area (Å²) in [5.41, 5.74) is 0. The predicted octanol–water partition coefficient (Wildman–Crippen LogP) is 0.900. The maximum absolute atomic E-state index is 10.7. The Bertz CT molecular complexity index is 172. The molecular formula is C8H15NO3. The molecule has 1 saturated heterocycles. The molecule has 2 atom stereocenters. The fraction of sp³-hybridized carbons (Fsp3) is 0.875. The van der Waals surface area contributed by atoms with Crippen molar-refractivity contribution in [2.45, 2.75) is 38.3 Å². The second-order valence-corrected chi connectivity index (χ2v) is 3.22. The largest absolute Gasteiger partial charge is 0.465 e. The van der Waals surface area contributed by atoms with Crippen molar-refractivity contribution in [2.24, 2.45) is 0 Å². The first-order valence-corrected chi connectivity index (χ1v) is 4.32. The van der Waals surface area contributed by atoms with Gasteiger partial charge in [-0.3, -0.25) is 0 Å². The van der Waals surface area contributed by atoms with Crippen LogP contribution in [0.5, 0.6) is 0 Å². The number of aliphatic hydroxyl groups is 1. The van der Waals surface area contributed by atoms with Crippen LogP contribution in [0, 0.1) is 0 Å². The van der Waals surface area contributed by atoms with Gasteiger partial charge in [-0.25, -0.2) is 4.79 Å². The van der Waals surface area contributed by atoms with Gasteiger partial charge in [0.1, 0.15) is 0 Å². The van der Waals surface area contributed by atoms with Crippen molar-refractivity contribution in [1.29, 1.82) is 0 Å². The van der Waals surface area contributed by atoms with Crippen LogP contribution < -0.4 is 0 Å². The van der Waals surface area contributed by atoms with Crippen molar-refractivity contribution >= 4 is 6.09 Å². The van der Waals surface area contributed by atoms with Crippen molar-refractivity contribution in [3.63, 3.8) is 0 Å². The highest BCUT2D eigenvalue weighted by Gasteiger charge is 2.28. The van der Waals surface area contributed by atoms with Gasteiger partial charge >= 0.3 is 6.09 Å². The summed E-state index contributed by atoms with van der Waals surface area (Å²) in [6.07, 6.45) is 0.758. The minimum absolute atomic E-state index is 0.00579. The summed E-state index contributed by atoms with van der Waals surface area (Å²) >= 11 is 0. The molecule has 0 aromatic heterocycles. The van der Waals surface area contributed by atoms with E-state index in [0.29, 0.717) is 19.4 Å². The van der Waals surface area contributed by atoms with Crippen LogP contribution in [0.2, 0.25) is 0 Å². The van der Waals surface area contributed by atoms with E-state index < -0.39 is 6.09 Å². The van der Waals surface area contributed by atoms with E-state index >= 15 is 0 Å². The standard InChI is InChI=1S/C8H15NO3/c1-2-6-5-7(10)3-4-9(6)8(11)12/h6-7,10H,2-5H2,1H3,(H,11,12). The van der Waals surface area contributed by atoms with E-state index in [1.165, 1.54) is 4.90 Å². The number of aliphatic hydroxyl groups excluding tert-OH is 1. The number of carboxylic acid groups (broad SMARTS) is 1. The molecule has 70 valence electrons. The Morgan fingerprint density at radius 1 is 1.67 bits per heavy atom. The maximum atomic E-state index is 10.7. The van der Waals surface area contributed by atoms with Gasteiger partial charge in [-0.1, -0.05) is 6.92 Å². The lowest BCUT2D eigenvalue weighted by atomic mass is 9.98. The molecule has 0 radical (unpaired) electrons. The Morgan fingerprint density at radius 2 is 2.33 bits per heavy atom. The average Bonchev–Trinajstić information content (AvgIpc) is 2.03. The SMILES string of the molecule is CCC1CC(O)CCN1C(=O)O. The molecule has 0 saturated carbocycles. The number of rotatable bonds is 1. The van der Waals surface area contributed by atoms with Gasteiger partial charge in [0.2, 0.25) is 0 Å². The van der Waals surface area contributed by atoms with Crippen molar-refractivity contribution in [1.82, 2.24) is 4.90 Å². The molecular weight excluding hydrogens is 158 g/mol. The van der Waals surface area contributed by atoms with Crippen LogP contribution in [0.25, 0.3) is 0 Å². The highest BCUT2D eigenvalue weighted by atomic mass is 16.4. The molecule has 1 rings (SSSR count). The minimum Gasteiger partial charge on any atom is -0.465 e. The number of piperidine rings is 1. The third-order valence-electron chi connectivity index (χ3n) is 2.41. The third-order valence-corrected chi connectivity index (χ3v) is 2.41. The van der Waals surface area contributed by atoms with Gasteiger partial charge in [0.05, 0.1) is 6.10 Å².